The van der Waals surface area contributed by atoms with Gasteiger partial charge in [0.1, 0.15) is 0 Å². The third kappa shape index (κ3) is 2.27. The molecule has 0 aliphatic carbocycles. The Morgan fingerprint density at radius 1 is 1.62 bits per heavy atom. The molecular formula is C10H13N3O3. The minimum absolute atomic E-state index is 0.0768. The van der Waals surface area contributed by atoms with Crippen molar-refractivity contribution in [2.75, 3.05) is 18.5 Å². The van der Waals surface area contributed by atoms with Crippen LogP contribution in [0.15, 0.2) is 6.20 Å². The predicted molar refractivity (Wildman–Crippen MR) is 56.0 cm³/mol. The van der Waals surface area contributed by atoms with Gasteiger partial charge in [-0.05, 0) is 0 Å². The Bertz CT molecular complexity index is 408. The van der Waals surface area contributed by atoms with E-state index in [1.54, 1.807) is 18.1 Å². The number of rotatable bonds is 4. The third-order valence-electron chi connectivity index (χ3n) is 2.44. The maximum absolute atomic E-state index is 10.4. The van der Waals surface area contributed by atoms with E-state index < -0.39 is 5.97 Å². The lowest BCUT2D eigenvalue weighted by Gasteiger charge is -2.15. The number of carboxylic acids is 1. The average molecular weight is 223 g/mol. The summed E-state index contributed by atoms with van der Waals surface area (Å²) < 4.78 is 5.23. The van der Waals surface area contributed by atoms with Gasteiger partial charge in [-0.15, -0.1) is 0 Å². The summed E-state index contributed by atoms with van der Waals surface area (Å²) in [5.41, 5.74) is 1.91. The van der Waals surface area contributed by atoms with Crippen molar-refractivity contribution in [3.8, 4) is 0 Å². The van der Waals surface area contributed by atoms with Gasteiger partial charge >= 0.3 is 5.97 Å². The van der Waals surface area contributed by atoms with Crippen LogP contribution in [0.3, 0.4) is 0 Å². The number of ether oxygens (including phenoxy) is 1. The smallest absolute Gasteiger partial charge is 0.305 e. The Labute approximate surface area is 92.9 Å². The van der Waals surface area contributed by atoms with Gasteiger partial charge in [0.05, 0.1) is 25.3 Å². The molecule has 1 aromatic heterocycles. The van der Waals surface area contributed by atoms with Gasteiger partial charge in [-0.2, -0.15) is 0 Å². The van der Waals surface area contributed by atoms with Gasteiger partial charge in [0.2, 0.25) is 5.95 Å². The molecule has 0 unspecified atom stereocenters. The summed E-state index contributed by atoms with van der Waals surface area (Å²) in [6.45, 7) is 1.47. The van der Waals surface area contributed by atoms with Crippen molar-refractivity contribution in [2.24, 2.45) is 0 Å². The summed E-state index contributed by atoms with van der Waals surface area (Å²) in [4.78, 5) is 20.7. The molecule has 0 amide bonds. The van der Waals surface area contributed by atoms with Gasteiger partial charge in [0, 0.05) is 25.4 Å². The van der Waals surface area contributed by atoms with Crippen molar-refractivity contribution in [1.82, 2.24) is 9.97 Å². The number of hydrogen-bond acceptors (Lipinski definition) is 5. The summed E-state index contributed by atoms with van der Waals surface area (Å²) in [7, 11) is 1.78. The zero-order chi connectivity index (χ0) is 11.5. The van der Waals surface area contributed by atoms with Gasteiger partial charge < -0.3 is 14.7 Å². The molecule has 6 nitrogen and oxygen atoms in total. The van der Waals surface area contributed by atoms with Crippen molar-refractivity contribution < 1.29 is 14.6 Å². The number of aromatic nitrogens is 2. The molecule has 0 fully saturated rings. The highest BCUT2D eigenvalue weighted by Gasteiger charge is 2.15. The van der Waals surface area contributed by atoms with Gasteiger partial charge in [-0.3, -0.25) is 4.79 Å². The Morgan fingerprint density at radius 3 is 3.19 bits per heavy atom. The zero-order valence-electron chi connectivity index (χ0n) is 9.01. The number of nitrogens with zero attached hydrogens (tertiary/aromatic N) is 3. The van der Waals surface area contributed by atoms with Crippen LogP contribution in [-0.2, 0) is 22.7 Å². The van der Waals surface area contributed by atoms with Crippen molar-refractivity contribution >= 4 is 11.9 Å². The first-order valence-electron chi connectivity index (χ1n) is 5.02. The number of carbonyl (C=O) groups is 1. The number of carboxylic acid groups (broad SMARTS) is 1. The van der Waals surface area contributed by atoms with Crippen LogP contribution in [0.4, 0.5) is 5.95 Å². The van der Waals surface area contributed by atoms with E-state index in [0.717, 1.165) is 11.3 Å². The Hall–Kier alpha value is -1.69. The third-order valence-corrected chi connectivity index (χ3v) is 2.44. The number of hydrogen-bond donors (Lipinski definition) is 1. The molecule has 0 bridgehead atoms. The molecule has 16 heavy (non-hydrogen) atoms. The molecule has 1 aliphatic rings. The van der Waals surface area contributed by atoms with Crippen LogP contribution in [0, 0.1) is 0 Å². The standard InChI is InChI=1S/C10H13N3O3/c1-13(3-2-9(14)15)10-11-4-7-5-16-6-8(7)12-10/h4H,2-3,5-6H2,1H3,(H,14,15). The van der Waals surface area contributed by atoms with Crippen molar-refractivity contribution in [3.05, 3.63) is 17.5 Å². The molecule has 1 N–H and O–H groups in total. The molecule has 6 heteroatoms. The SMILES string of the molecule is CN(CCC(=O)O)c1ncc2c(n1)COC2. The van der Waals surface area contributed by atoms with E-state index in [-0.39, 0.29) is 6.42 Å². The first-order valence-corrected chi connectivity index (χ1v) is 5.02. The number of fused-ring (bicyclic) bond motifs is 1. The van der Waals surface area contributed by atoms with E-state index >= 15 is 0 Å². The number of anilines is 1. The summed E-state index contributed by atoms with van der Waals surface area (Å²) in [6, 6.07) is 0. The summed E-state index contributed by atoms with van der Waals surface area (Å²) in [5.74, 6) is -0.276. The molecule has 0 aromatic carbocycles. The zero-order valence-corrected chi connectivity index (χ0v) is 9.01. The van der Waals surface area contributed by atoms with Gasteiger partial charge in [-0.1, -0.05) is 0 Å². The van der Waals surface area contributed by atoms with Crippen molar-refractivity contribution in [2.45, 2.75) is 19.6 Å². The van der Waals surface area contributed by atoms with Gasteiger partial charge in [0.15, 0.2) is 0 Å². The van der Waals surface area contributed by atoms with E-state index in [1.807, 2.05) is 0 Å². The Kier molecular flexibility index (Phi) is 3.00. The lowest BCUT2D eigenvalue weighted by Crippen LogP contribution is -2.23. The second-order valence-electron chi connectivity index (χ2n) is 3.70. The van der Waals surface area contributed by atoms with Crippen LogP contribution in [0.25, 0.3) is 0 Å². The lowest BCUT2D eigenvalue weighted by atomic mass is 10.3. The number of aliphatic carboxylic acids is 1. The van der Waals surface area contributed by atoms with E-state index in [1.165, 1.54) is 0 Å². The predicted octanol–water partition coefficient (Wildman–Crippen LogP) is 0.418. The van der Waals surface area contributed by atoms with Crippen LogP contribution in [0.2, 0.25) is 0 Å². The van der Waals surface area contributed by atoms with E-state index in [0.29, 0.717) is 25.7 Å². The largest absolute Gasteiger partial charge is 0.481 e. The summed E-state index contributed by atoms with van der Waals surface area (Å²) in [6.07, 6.45) is 1.81. The molecule has 0 spiro atoms. The monoisotopic (exact) mass is 223 g/mol. The molecule has 0 atom stereocenters. The van der Waals surface area contributed by atoms with Crippen molar-refractivity contribution in [3.63, 3.8) is 0 Å². The highest BCUT2D eigenvalue weighted by Crippen LogP contribution is 2.18. The van der Waals surface area contributed by atoms with E-state index in [2.05, 4.69) is 9.97 Å². The van der Waals surface area contributed by atoms with Crippen molar-refractivity contribution in [1.29, 1.82) is 0 Å². The molecule has 1 aliphatic heterocycles. The molecule has 2 rings (SSSR count). The molecule has 0 saturated heterocycles. The molecule has 0 saturated carbocycles. The highest BCUT2D eigenvalue weighted by molar-refractivity contribution is 5.67. The molecule has 1 aromatic rings. The summed E-state index contributed by atoms with van der Waals surface area (Å²) >= 11 is 0. The fourth-order valence-corrected chi connectivity index (χ4v) is 1.48. The van der Waals surface area contributed by atoms with Gasteiger partial charge in [0.25, 0.3) is 0 Å². The normalized spacial score (nSPS) is 13.6. The maximum atomic E-state index is 10.4. The maximum Gasteiger partial charge on any atom is 0.305 e. The van der Waals surface area contributed by atoms with Crippen LogP contribution in [0.1, 0.15) is 17.7 Å². The first-order chi connectivity index (χ1) is 7.66. The van der Waals surface area contributed by atoms with E-state index in [9.17, 15) is 4.79 Å². The minimum Gasteiger partial charge on any atom is -0.481 e. The fourth-order valence-electron chi connectivity index (χ4n) is 1.48. The Balaban J connectivity index is 2.06. The van der Waals surface area contributed by atoms with E-state index in [4.69, 9.17) is 9.84 Å². The Morgan fingerprint density at radius 2 is 2.44 bits per heavy atom. The van der Waals surface area contributed by atoms with Crippen LogP contribution < -0.4 is 4.90 Å². The van der Waals surface area contributed by atoms with Crippen LogP contribution in [-0.4, -0.2) is 34.6 Å². The first kappa shape index (κ1) is 10.8. The lowest BCUT2D eigenvalue weighted by molar-refractivity contribution is -0.136. The fraction of sp³-hybridized carbons (Fsp3) is 0.500. The molecule has 0 radical (unpaired) electrons. The van der Waals surface area contributed by atoms with Crippen LogP contribution in [0.5, 0.6) is 0 Å². The molecule has 86 valence electrons. The average Bonchev–Trinajstić information content (AvgIpc) is 2.72. The van der Waals surface area contributed by atoms with Crippen LogP contribution >= 0.6 is 0 Å². The summed E-state index contributed by atoms with van der Waals surface area (Å²) in [5, 5.41) is 8.58. The topological polar surface area (TPSA) is 75.6 Å². The molecule has 2 heterocycles. The quantitative estimate of drug-likeness (QED) is 0.797. The minimum atomic E-state index is -0.823. The van der Waals surface area contributed by atoms with Gasteiger partial charge in [-0.25, -0.2) is 9.97 Å². The second-order valence-corrected chi connectivity index (χ2v) is 3.70. The second kappa shape index (κ2) is 4.44. The highest BCUT2D eigenvalue weighted by atomic mass is 16.5. The molecular weight excluding hydrogens is 210 g/mol.